The maximum Gasteiger partial charge on any atom is 1.00 e. The Bertz CT molecular complexity index is 1380. The zero-order chi connectivity index (χ0) is 23.4. The first-order valence-corrected chi connectivity index (χ1v) is 11.5. The molecule has 4 aromatic rings. The van der Waals surface area contributed by atoms with Crippen molar-refractivity contribution < 1.29 is 40.9 Å². The van der Waals surface area contributed by atoms with Gasteiger partial charge in [-0.3, -0.25) is 14.4 Å². The standard InChI is InChI=1S/C12H13NO2S.C12H11NO2S.B.Na.H/c2*1-8(14)10-4-5-11(16-10)9-3-6-12(15)13(2)7-9;;;/h3-8,14H,1-2H3;3-7H,1-2H3;;;/q;;;+1;-1. The van der Waals surface area contributed by atoms with E-state index in [9.17, 15) is 19.5 Å². The van der Waals surface area contributed by atoms with Gasteiger partial charge in [0.15, 0.2) is 5.78 Å². The first-order valence-electron chi connectivity index (χ1n) is 9.88. The normalized spacial score (nSPS) is 10.9. The van der Waals surface area contributed by atoms with Gasteiger partial charge in [-0.25, -0.2) is 0 Å². The zero-order valence-corrected chi connectivity index (χ0v) is 23.4. The number of thiophene rings is 2. The SMILES string of the molecule is CC(=O)c1ccc(-c2ccc(=O)n(C)c2)s1.CC(O)c1ccc(-c2ccc(=O)n(C)c2)s1.[B].[H-].[Na+]. The predicted molar refractivity (Wildman–Crippen MR) is 137 cm³/mol. The molecule has 6 nitrogen and oxygen atoms in total. The summed E-state index contributed by atoms with van der Waals surface area (Å²) in [4.78, 5) is 37.4. The molecule has 0 aliphatic heterocycles. The van der Waals surface area contributed by atoms with Crippen LogP contribution in [0.2, 0.25) is 0 Å². The van der Waals surface area contributed by atoms with Crippen LogP contribution in [0.3, 0.4) is 0 Å². The molecule has 0 bridgehead atoms. The van der Waals surface area contributed by atoms with Crippen molar-refractivity contribution in [2.75, 3.05) is 0 Å². The van der Waals surface area contributed by atoms with Crippen molar-refractivity contribution in [3.8, 4) is 20.9 Å². The summed E-state index contributed by atoms with van der Waals surface area (Å²) in [6, 6.07) is 14.3. The first kappa shape index (κ1) is 30.0. The molecule has 0 saturated carbocycles. The first-order chi connectivity index (χ1) is 15.2. The Labute approximate surface area is 231 Å². The van der Waals surface area contributed by atoms with Crippen LogP contribution in [-0.4, -0.2) is 28.4 Å². The molecule has 0 aromatic carbocycles. The third-order valence-corrected chi connectivity index (χ3v) is 7.27. The van der Waals surface area contributed by atoms with Crippen molar-refractivity contribution in [1.29, 1.82) is 0 Å². The fraction of sp³-hybridized carbons (Fsp3) is 0.208. The third kappa shape index (κ3) is 7.50. The Morgan fingerprint density at radius 2 is 1.32 bits per heavy atom. The molecule has 0 fully saturated rings. The van der Waals surface area contributed by atoms with Gasteiger partial charge in [0.05, 0.1) is 11.0 Å². The van der Waals surface area contributed by atoms with Crippen LogP contribution in [0.15, 0.2) is 70.5 Å². The van der Waals surface area contributed by atoms with E-state index in [1.54, 1.807) is 74.4 Å². The Morgan fingerprint density at radius 1 is 0.853 bits per heavy atom. The molecular weight excluding hydrogens is 478 g/mol. The maximum absolute atomic E-state index is 11.2. The minimum Gasteiger partial charge on any atom is -1.00 e. The number of nitrogens with zero attached hydrogens (tertiary/aromatic N) is 2. The van der Waals surface area contributed by atoms with Crippen LogP contribution in [-0.2, 0) is 14.1 Å². The number of Topliss-reactive ketones (excluding diaryl/α,β-unsaturated/α-hetero) is 1. The molecule has 4 aromatic heterocycles. The van der Waals surface area contributed by atoms with E-state index in [1.807, 2.05) is 24.3 Å². The number of hydrogen-bond donors (Lipinski definition) is 1. The van der Waals surface area contributed by atoms with Crippen molar-refractivity contribution in [2.45, 2.75) is 20.0 Å². The Balaban J connectivity index is 0.000000608. The van der Waals surface area contributed by atoms with Crippen LogP contribution in [0.1, 0.15) is 35.9 Å². The molecule has 1 unspecified atom stereocenters. The Kier molecular flexibility index (Phi) is 11.6. The number of hydrogen-bond acceptors (Lipinski definition) is 6. The van der Waals surface area contributed by atoms with Gasteiger partial charge in [0.25, 0.3) is 0 Å². The molecule has 0 spiro atoms. The molecule has 0 aliphatic carbocycles. The number of aromatic nitrogens is 2. The van der Waals surface area contributed by atoms with E-state index in [0.717, 1.165) is 30.6 Å². The van der Waals surface area contributed by atoms with Gasteiger partial charge in [-0.1, -0.05) is 0 Å². The summed E-state index contributed by atoms with van der Waals surface area (Å²) >= 11 is 2.99. The number of ketones is 1. The molecule has 4 rings (SSSR count). The molecule has 1 N–H and O–H groups in total. The van der Waals surface area contributed by atoms with Crippen molar-refractivity contribution >= 4 is 36.9 Å². The van der Waals surface area contributed by atoms with Crippen LogP contribution in [0, 0.1) is 0 Å². The topological polar surface area (TPSA) is 81.3 Å². The number of aryl methyl sites for hydroxylation is 2. The summed E-state index contributed by atoms with van der Waals surface area (Å²) in [5.74, 6) is 0.0704. The Hall–Kier alpha value is -2.01. The summed E-state index contributed by atoms with van der Waals surface area (Å²) in [5, 5.41) is 9.44. The zero-order valence-electron chi connectivity index (χ0n) is 20.8. The van der Waals surface area contributed by atoms with Crippen molar-refractivity contribution in [3.63, 3.8) is 0 Å². The number of aliphatic hydroxyl groups is 1. The van der Waals surface area contributed by atoms with Gasteiger partial charge in [-0.05, 0) is 50.2 Å². The molecule has 0 saturated heterocycles. The van der Waals surface area contributed by atoms with Gasteiger partial charge in [0.1, 0.15) is 0 Å². The Morgan fingerprint density at radius 3 is 1.71 bits per heavy atom. The van der Waals surface area contributed by atoms with Gasteiger partial charge in [0, 0.05) is 72.8 Å². The van der Waals surface area contributed by atoms with Crippen molar-refractivity contribution in [1.82, 2.24) is 9.13 Å². The number of aliphatic hydroxyl groups excluding tert-OH is 1. The summed E-state index contributed by atoms with van der Waals surface area (Å²) in [5.41, 5.74) is 1.90. The number of carbonyl (C=O) groups is 1. The molecular formula is C24H25BN2NaO4S2. The van der Waals surface area contributed by atoms with Gasteiger partial charge >= 0.3 is 29.6 Å². The summed E-state index contributed by atoms with van der Waals surface area (Å²) < 4.78 is 3.08. The van der Waals surface area contributed by atoms with E-state index in [2.05, 4.69) is 0 Å². The number of carbonyl (C=O) groups excluding carboxylic acids is 1. The number of rotatable bonds is 4. The molecule has 1 atom stereocenters. The van der Waals surface area contributed by atoms with Crippen LogP contribution in [0.4, 0.5) is 0 Å². The van der Waals surface area contributed by atoms with Gasteiger partial charge in [0.2, 0.25) is 11.1 Å². The molecule has 0 aliphatic rings. The van der Waals surface area contributed by atoms with Crippen LogP contribution in [0.5, 0.6) is 0 Å². The van der Waals surface area contributed by atoms with E-state index in [4.69, 9.17) is 0 Å². The summed E-state index contributed by atoms with van der Waals surface area (Å²) in [6.07, 6.45) is 3.14. The molecule has 171 valence electrons. The van der Waals surface area contributed by atoms with E-state index in [-0.39, 0.29) is 56.3 Å². The smallest absolute Gasteiger partial charge is 1.00 e. The second kappa shape index (κ2) is 13.2. The minimum absolute atomic E-state index is 0. The fourth-order valence-electron chi connectivity index (χ4n) is 2.89. The van der Waals surface area contributed by atoms with Gasteiger partial charge < -0.3 is 15.7 Å². The molecule has 3 radical (unpaired) electrons. The van der Waals surface area contributed by atoms with E-state index < -0.39 is 6.10 Å². The van der Waals surface area contributed by atoms with Crippen molar-refractivity contribution in [3.05, 3.63) is 91.4 Å². The molecule has 10 heteroatoms. The second-order valence-electron chi connectivity index (χ2n) is 7.33. The molecule has 0 amide bonds. The second-order valence-corrected chi connectivity index (χ2v) is 9.53. The van der Waals surface area contributed by atoms with E-state index in [1.165, 1.54) is 22.0 Å². The largest absolute Gasteiger partial charge is 1.00 e. The van der Waals surface area contributed by atoms with Gasteiger partial charge in [-0.15, -0.1) is 22.7 Å². The predicted octanol–water partition coefficient (Wildman–Crippen LogP) is 1.22. The van der Waals surface area contributed by atoms with Crippen LogP contribution in [0.25, 0.3) is 20.9 Å². The van der Waals surface area contributed by atoms with E-state index in [0.29, 0.717) is 0 Å². The maximum atomic E-state index is 11.2. The quantitative estimate of drug-likeness (QED) is 0.336. The molecule has 4 heterocycles. The van der Waals surface area contributed by atoms with Crippen LogP contribution < -0.4 is 40.7 Å². The van der Waals surface area contributed by atoms with E-state index >= 15 is 0 Å². The monoisotopic (exact) mass is 503 g/mol. The minimum atomic E-state index is -0.439. The number of pyridine rings is 2. The van der Waals surface area contributed by atoms with Crippen molar-refractivity contribution in [2.24, 2.45) is 14.1 Å². The summed E-state index contributed by atoms with van der Waals surface area (Å²) in [7, 11) is 3.44. The fourth-order valence-corrected chi connectivity index (χ4v) is 4.72. The third-order valence-electron chi connectivity index (χ3n) is 4.73. The average molecular weight is 503 g/mol. The average Bonchev–Trinajstić information content (AvgIpc) is 3.43. The van der Waals surface area contributed by atoms with Crippen LogP contribution >= 0.6 is 22.7 Å². The summed E-state index contributed by atoms with van der Waals surface area (Å²) in [6.45, 7) is 3.30. The van der Waals surface area contributed by atoms with Gasteiger partial charge in [-0.2, -0.15) is 0 Å². The molecule has 34 heavy (non-hydrogen) atoms.